The molecular formula is C17H23N3O. The first kappa shape index (κ1) is 15.2. The molecule has 112 valence electrons. The normalized spacial score (nSPS) is 10.2. The molecule has 21 heavy (non-hydrogen) atoms. The Bertz CT molecular complexity index is 552. The lowest BCUT2D eigenvalue weighted by Crippen LogP contribution is -2.10. The molecule has 2 aromatic rings. The largest absolute Gasteiger partial charge is 0.494 e. The Kier molecular flexibility index (Phi) is 5.43. The quantitative estimate of drug-likeness (QED) is 0.844. The Hall–Kier alpha value is -2.23. The van der Waals surface area contributed by atoms with Crippen molar-refractivity contribution >= 4 is 11.5 Å². The van der Waals surface area contributed by atoms with Crippen LogP contribution in [0.1, 0.15) is 18.9 Å². The molecule has 2 rings (SSSR count). The molecule has 0 fully saturated rings. The third kappa shape index (κ3) is 4.67. The smallest absolute Gasteiger partial charge is 0.128 e. The van der Waals surface area contributed by atoms with Gasteiger partial charge < -0.3 is 15.0 Å². The molecule has 0 spiro atoms. The molecule has 4 nitrogen and oxygen atoms in total. The van der Waals surface area contributed by atoms with Crippen LogP contribution in [0.5, 0.6) is 5.75 Å². The van der Waals surface area contributed by atoms with Crippen molar-refractivity contribution in [1.82, 2.24) is 4.98 Å². The number of pyridine rings is 1. The van der Waals surface area contributed by atoms with Gasteiger partial charge in [0.25, 0.3) is 0 Å². The first-order valence-corrected chi connectivity index (χ1v) is 7.28. The molecule has 0 unspecified atom stereocenters. The predicted octanol–water partition coefficient (Wildman–Crippen LogP) is 3.55. The van der Waals surface area contributed by atoms with E-state index in [1.54, 1.807) is 0 Å². The Balaban J connectivity index is 1.93. The molecule has 0 aliphatic rings. The Morgan fingerprint density at radius 3 is 2.71 bits per heavy atom. The minimum absolute atomic E-state index is 0.756. The van der Waals surface area contributed by atoms with E-state index in [9.17, 15) is 0 Å². The van der Waals surface area contributed by atoms with Crippen molar-refractivity contribution in [3.05, 3.63) is 48.2 Å². The minimum Gasteiger partial charge on any atom is -0.494 e. The van der Waals surface area contributed by atoms with Gasteiger partial charge in [-0.25, -0.2) is 4.98 Å². The number of hydrogen-bond donors (Lipinski definition) is 1. The van der Waals surface area contributed by atoms with E-state index in [1.807, 2.05) is 49.5 Å². The molecule has 0 saturated heterocycles. The van der Waals surface area contributed by atoms with E-state index >= 15 is 0 Å². The molecule has 0 radical (unpaired) electrons. The van der Waals surface area contributed by atoms with Gasteiger partial charge in [0.05, 0.1) is 18.5 Å². The maximum Gasteiger partial charge on any atom is 0.128 e. The van der Waals surface area contributed by atoms with Crippen LogP contribution >= 0.6 is 0 Å². The van der Waals surface area contributed by atoms with Crippen molar-refractivity contribution in [2.45, 2.75) is 19.9 Å². The molecule has 1 aromatic heterocycles. The number of nitrogens with zero attached hydrogens (tertiary/aromatic N) is 2. The standard InChI is InChI=1S/C17H23N3O/c1-4-10-21-16-7-5-6-14(11-16)12-18-15-8-9-17(19-13-15)20(2)3/h5-9,11,13,18H,4,10,12H2,1-3H3. The highest BCUT2D eigenvalue weighted by atomic mass is 16.5. The summed E-state index contributed by atoms with van der Waals surface area (Å²) < 4.78 is 5.64. The summed E-state index contributed by atoms with van der Waals surface area (Å²) >= 11 is 0. The number of ether oxygens (including phenoxy) is 1. The number of nitrogens with one attached hydrogen (secondary N) is 1. The van der Waals surface area contributed by atoms with Gasteiger partial charge in [-0.2, -0.15) is 0 Å². The summed E-state index contributed by atoms with van der Waals surface area (Å²) in [6.45, 7) is 3.62. The number of anilines is 2. The molecule has 0 atom stereocenters. The molecule has 0 bridgehead atoms. The monoisotopic (exact) mass is 285 g/mol. The second-order valence-corrected chi connectivity index (χ2v) is 5.15. The van der Waals surface area contributed by atoms with Crippen LogP contribution in [0.2, 0.25) is 0 Å². The first-order chi connectivity index (χ1) is 10.2. The summed E-state index contributed by atoms with van der Waals surface area (Å²) in [4.78, 5) is 6.37. The number of aromatic nitrogens is 1. The molecule has 0 amide bonds. The van der Waals surface area contributed by atoms with Gasteiger partial charge in [-0.1, -0.05) is 19.1 Å². The second kappa shape index (κ2) is 7.53. The fraction of sp³-hybridized carbons (Fsp3) is 0.353. The molecule has 4 heteroatoms. The molecule has 1 aromatic carbocycles. The van der Waals surface area contributed by atoms with Gasteiger partial charge in [0.1, 0.15) is 11.6 Å². The zero-order valence-electron chi connectivity index (χ0n) is 13.0. The summed E-state index contributed by atoms with van der Waals surface area (Å²) in [5.41, 5.74) is 2.21. The Labute approximate surface area is 126 Å². The van der Waals surface area contributed by atoms with E-state index < -0.39 is 0 Å². The van der Waals surface area contributed by atoms with Crippen LogP contribution in [0.4, 0.5) is 11.5 Å². The van der Waals surface area contributed by atoms with Crippen LogP contribution in [0.25, 0.3) is 0 Å². The van der Waals surface area contributed by atoms with Gasteiger partial charge in [-0.15, -0.1) is 0 Å². The highest BCUT2D eigenvalue weighted by molar-refractivity contribution is 5.48. The van der Waals surface area contributed by atoms with Crippen molar-refractivity contribution in [3.8, 4) is 5.75 Å². The van der Waals surface area contributed by atoms with E-state index in [4.69, 9.17) is 4.74 Å². The van der Waals surface area contributed by atoms with Gasteiger partial charge in [0.15, 0.2) is 0 Å². The maximum absolute atomic E-state index is 5.64. The fourth-order valence-corrected chi connectivity index (χ4v) is 1.92. The predicted molar refractivity (Wildman–Crippen MR) is 88.1 cm³/mol. The lowest BCUT2D eigenvalue weighted by Gasteiger charge is -2.12. The van der Waals surface area contributed by atoms with Crippen molar-refractivity contribution in [3.63, 3.8) is 0 Å². The van der Waals surface area contributed by atoms with Crippen LogP contribution in [0.15, 0.2) is 42.6 Å². The zero-order chi connectivity index (χ0) is 15.1. The van der Waals surface area contributed by atoms with E-state index in [1.165, 1.54) is 5.56 Å². The van der Waals surface area contributed by atoms with E-state index in [2.05, 4.69) is 29.4 Å². The number of hydrogen-bond acceptors (Lipinski definition) is 4. The van der Waals surface area contributed by atoms with Gasteiger partial charge in [0.2, 0.25) is 0 Å². The summed E-state index contributed by atoms with van der Waals surface area (Å²) in [6.07, 6.45) is 2.87. The molecule has 0 aliphatic heterocycles. The van der Waals surface area contributed by atoms with Crippen LogP contribution < -0.4 is 15.0 Å². The van der Waals surface area contributed by atoms with Gasteiger partial charge in [-0.05, 0) is 36.2 Å². The van der Waals surface area contributed by atoms with E-state index in [-0.39, 0.29) is 0 Å². The molecule has 0 aliphatic carbocycles. The lowest BCUT2D eigenvalue weighted by molar-refractivity contribution is 0.317. The van der Waals surface area contributed by atoms with Gasteiger partial charge in [0, 0.05) is 20.6 Å². The van der Waals surface area contributed by atoms with Crippen molar-refractivity contribution < 1.29 is 4.74 Å². The molecule has 1 heterocycles. The van der Waals surface area contributed by atoms with Gasteiger partial charge >= 0.3 is 0 Å². The summed E-state index contributed by atoms with van der Waals surface area (Å²) in [5.74, 6) is 1.88. The van der Waals surface area contributed by atoms with Crippen LogP contribution in [-0.2, 0) is 6.54 Å². The first-order valence-electron chi connectivity index (χ1n) is 7.28. The Morgan fingerprint density at radius 2 is 2.05 bits per heavy atom. The van der Waals surface area contributed by atoms with Crippen molar-refractivity contribution in [1.29, 1.82) is 0 Å². The highest BCUT2D eigenvalue weighted by Gasteiger charge is 1.99. The third-order valence-electron chi connectivity index (χ3n) is 3.07. The summed E-state index contributed by atoms with van der Waals surface area (Å²) in [7, 11) is 3.97. The van der Waals surface area contributed by atoms with Gasteiger partial charge in [-0.3, -0.25) is 0 Å². The average molecular weight is 285 g/mol. The number of benzene rings is 1. The highest BCUT2D eigenvalue weighted by Crippen LogP contribution is 2.16. The van der Waals surface area contributed by atoms with E-state index in [0.717, 1.165) is 36.8 Å². The molecule has 0 saturated carbocycles. The minimum atomic E-state index is 0.756. The van der Waals surface area contributed by atoms with E-state index in [0.29, 0.717) is 0 Å². The van der Waals surface area contributed by atoms with Crippen LogP contribution in [0.3, 0.4) is 0 Å². The summed E-state index contributed by atoms with van der Waals surface area (Å²) in [5, 5.41) is 3.37. The van der Waals surface area contributed by atoms with Crippen LogP contribution in [0, 0.1) is 0 Å². The molecular weight excluding hydrogens is 262 g/mol. The van der Waals surface area contributed by atoms with Crippen molar-refractivity contribution in [2.75, 3.05) is 30.9 Å². The summed E-state index contributed by atoms with van der Waals surface area (Å²) in [6, 6.07) is 12.2. The third-order valence-corrected chi connectivity index (χ3v) is 3.07. The topological polar surface area (TPSA) is 37.4 Å². The SMILES string of the molecule is CCCOc1cccc(CNc2ccc(N(C)C)nc2)c1. The Morgan fingerprint density at radius 1 is 1.19 bits per heavy atom. The fourth-order valence-electron chi connectivity index (χ4n) is 1.92. The number of rotatable bonds is 7. The zero-order valence-corrected chi connectivity index (χ0v) is 13.0. The van der Waals surface area contributed by atoms with Crippen molar-refractivity contribution in [2.24, 2.45) is 0 Å². The van der Waals surface area contributed by atoms with Crippen LogP contribution in [-0.4, -0.2) is 25.7 Å². The molecule has 1 N–H and O–H groups in total. The average Bonchev–Trinajstić information content (AvgIpc) is 2.52. The second-order valence-electron chi connectivity index (χ2n) is 5.15. The lowest BCUT2D eigenvalue weighted by atomic mass is 10.2. The maximum atomic E-state index is 5.64.